The average Bonchev–Trinajstić information content (AvgIpc) is 2.94. The summed E-state index contributed by atoms with van der Waals surface area (Å²) >= 11 is 0. The Bertz CT molecular complexity index is 496. The van der Waals surface area contributed by atoms with Crippen LogP contribution in [0, 0.1) is 11.8 Å². The standard InChI is InChI=1S/C16H24N2O3/c1-5-11(4)13-16(20)18(9-12-7-6-8-21-12)14(10(2)3)15(19)17-13/h6-8,10-11,13-14H,5,9H2,1-4H3,(H,17,19). The van der Waals surface area contributed by atoms with E-state index in [2.05, 4.69) is 5.32 Å². The number of hydrogen-bond acceptors (Lipinski definition) is 3. The topological polar surface area (TPSA) is 62.6 Å². The minimum absolute atomic E-state index is 0.0148. The lowest BCUT2D eigenvalue weighted by Crippen LogP contribution is -2.65. The van der Waals surface area contributed by atoms with E-state index in [1.807, 2.05) is 33.8 Å². The lowest BCUT2D eigenvalue weighted by atomic mass is 9.91. The van der Waals surface area contributed by atoms with Gasteiger partial charge in [0.25, 0.3) is 0 Å². The van der Waals surface area contributed by atoms with Crippen LogP contribution in [-0.2, 0) is 16.1 Å². The summed E-state index contributed by atoms with van der Waals surface area (Å²) < 4.78 is 5.34. The van der Waals surface area contributed by atoms with E-state index in [1.165, 1.54) is 0 Å². The molecule has 2 rings (SSSR count). The second-order valence-corrected chi connectivity index (χ2v) is 6.11. The van der Waals surface area contributed by atoms with Gasteiger partial charge in [0, 0.05) is 0 Å². The first kappa shape index (κ1) is 15.6. The number of rotatable bonds is 5. The van der Waals surface area contributed by atoms with Gasteiger partial charge in [0.05, 0.1) is 12.8 Å². The highest BCUT2D eigenvalue weighted by Crippen LogP contribution is 2.24. The average molecular weight is 292 g/mol. The van der Waals surface area contributed by atoms with E-state index in [-0.39, 0.29) is 23.7 Å². The van der Waals surface area contributed by atoms with Gasteiger partial charge in [-0.3, -0.25) is 9.59 Å². The van der Waals surface area contributed by atoms with Crippen molar-refractivity contribution in [1.29, 1.82) is 0 Å². The highest BCUT2D eigenvalue weighted by Gasteiger charge is 2.43. The molecule has 5 nitrogen and oxygen atoms in total. The van der Waals surface area contributed by atoms with Crippen LogP contribution in [0.3, 0.4) is 0 Å². The largest absolute Gasteiger partial charge is 0.467 e. The molecule has 116 valence electrons. The van der Waals surface area contributed by atoms with Crippen molar-refractivity contribution in [3.63, 3.8) is 0 Å². The molecule has 0 spiro atoms. The van der Waals surface area contributed by atoms with E-state index in [1.54, 1.807) is 17.2 Å². The highest BCUT2D eigenvalue weighted by atomic mass is 16.3. The fourth-order valence-corrected chi connectivity index (χ4v) is 2.79. The Morgan fingerprint density at radius 1 is 1.33 bits per heavy atom. The second-order valence-electron chi connectivity index (χ2n) is 6.11. The lowest BCUT2D eigenvalue weighted by Gasteiger charge is -2.42. The molecule has 3 unspecified atom stereocenters. The lowest BCUT2D eigenvalue weighted by molar-refractivity contribution is -0.153. The molecule has 1 aromatic heterocycles. The summed E-state index contributed by atoms with van der Waals surface area (Å²) in [5.74, 6) is 0.794. The zero-order valence-corrected chi connectivity index (χ0v) is 13.1. The summed E-state index contributed by atoms with van der Waals surface area (Å²) in [7, 11) is 0. The Balaban J connectivity index is 2.28. The summed E-state index contributed by atoms with van der Waals surface area (Å²) in [5.41, 5.74) is 0. The van der Waals surface area contributed by atoms with Crippen molar-refractivity contribution in [2.24, 2.45) is 11.8 Å². The summed E-state index contributed by atoms with van der Waals surface area (Å²) in [6, 6.07) is 2.74. The number of furan rings is 1. The van der Waals surface area contributed by atoms with Crippen LogP contribution in [0.25, 0.3) is 0 Å². The Kier molecular flexibility index (Phi) is 4.70. The maximum atomic E-state index is 12.8. The zero-order chi connectivity index (χ0) is 15.6. The molecule has 1 saturated heterocycles. The van der Waals surface area contributed by atoms with Crippen LogP contribution in [0.2, 0.25) is 0 Å². The number of piperazine rings is 1. The summed E-state index contributed by atoms with van der Waals surface area (Å²) in [6.45, 7) is 8.26. The predicted molar refractivity (Wildman–Crippen MR) is 79.3 cm³/mol. The van der Waals surface area contributed by atoms with E-state index in [0.29, 0.717) is 12.3 Å². The number of carbonyl (C=O) groups excluding carboxylic acids is 2. The molecule has 0 radical (unpaired) electrons. The van der Waals surface area contributed by atoms with Gasteiger partial charge in [0.2, 0.25) is 11.8 Å². The normalized spacial score (nSPS) is 24.3. The third-order valence-corrected chi connectivity index (χ3v) is 4.20. The highest BCUT2D eigenvalue weighted by molar-refractivity contribution is 5.97. The Labute approximate surface area is 125 Å². The van der Waals surface area contributed by atoms with E-state index >= 15 is 0 Å². The van der Waals surface area contributed by atoms with Gasteiger partial charge in [-0.25, -0.2) is 0 Å². The number of nitrogens with one attached hydrogen (secondary N) is 1. The molecule has 5 heteroatoms. The van der Waals surface area contributed by atoms with Crippen molar-refractivity contribution in [3.05, 3.63) is 24.2 Å². The summed E-state index contributed by atoms with van der Waals surface area (Å²) in [6.07, 6.45) is 2.43. The maximum Gasteiger partial charge on any atom is 0.246 e. The Morgan fingerprint density at radius 3 is 2.57 bits per heavy atom. The number of hydrogen-bond donors (Lipinski definition) is 1. The van der Waals surface area contributed by atoms with E-state index in [0.717, 1.165) is 6.42 Å². The van der Waals surface area contributed by atoms with Gasteiger partial charge in [-0.2, -0.15) is 0 Å². The molecule has 2 heterocycles. The predicted octanol–water partition coefficient (Wildman–Crippen LogP) is 2.18. The molecule has 1 fully saturated rings. The van der Waals surface area contributed by atoms with Crippen molar-refractivity contribution in [2.45, 2.75) is 52.7 Å². The molecule has 3 atom stereocenters. The fraction of sp³-hybridized carbons (Fsp3) is 0.625. The van der Waals surface area contributed by atoms with Crippen LogP contribution in [0.1, 0.15) is 39.9 Å². The van der Waals surface area contributed by atoms with Crippen LogP contribution in [-0.4, -0.2) is 28.8 Å². The van der Waals surface area contributed by atoms with E-state index in [9.17, 15) is 9.59 Å². The van der Waals surface area contributed by atoms with Gasteiger partial charge in [0.1, 0.15) is 17.8 Å². The van der Waals surface area contributed by atoms with Gasteiger partial charge in [-0.05, 0) is 24.0 Å². The number of carbonyl (C=O) groups is 2. The van der Waals surface area contributed by atoms with Crippen molar-refractivity contribution < 1.29 is 14.0 Å². The number of amides is 2. The van der Waals surface area contributed by atoms with E-state index < -0.39 is 12.1 Å². The molecule has 21 heavy (non-hydrogen) atoms. The molecule has 2 amide bonds. The van der Waals surface area contributed by atoms with Crippen LogP contribution < -0.4 is 5.32 Å². The molecular formula is C16H24N2O3. The van der Waals surface area contributed by atoms with Gasteiger partial charge < -0.3 is 14.6 Å². The molecule has 0 aromatic carbocycles. The van der Waals surface area contributed by atoms with Crippen molar-refractivity contribution >= 4 is 11.8 Å². The van der Waals surface area contributed by atoms with Gasteiger partial charge in [-0.15, -0.1) is 0 Å². The second kappa shape index (κ2) is 6.33. The zero-order valence-electron chi connectivity index (χ0n) is 13.1. The summed E-state index contributed by atoms with van der Waals surface area (Å²) in [5, 5.41) is 2.90. The third kappa shape index (κ3) is 3.12. The first-order chi connectivity index (χ1) is 9.95. The molecule has 0 saturated carbocycles. The fourth-order valence-electron chi connectivity index (χ4n) is 2.79. The van der Waals surface area contributed by atoms with Crippen molar-refractivity contribution in [3.8, 4) is 0 Å². The monoisotopic (exact) mass is 292 g/mol. The smallest absolute Gasteiger partial charge is 0.246 e. The number of nitrogens with zero attached hydrogens (tertiary/aromatic N) is 1. The Hall–Kier alpha value is -1.78. The molecule has 1 aromatic rings. The van der Waals surface area contributed by atoms with Gasteiger partial charge in [-0.1, -0.05) is 34.1 Å². The third-order valence-electron chi connectivity index (χ3n) is 4.20. The minimum atomic E-state index is -0.442. The van der Waals surface area contributed by atoms with Crippen LogP contribution >= 0.6 is 0 Å². The van der Waals surface area contributed by atoms with Gasteiger partial charge >= 0.3 is 0 Å². The first-order valence-electron chi connectivity index (χ1n) is 7.59. The van der Waals surface area contributed by atoms with Crippen LogP contribution in [0.15, 0.2) is 22.8 Å². The molecular weight excluding hydrogens is 268 g/mol. The minimum Gasteiger partial charge on any atom is -0.467 e. The quantitative estimate of drug-likeness (QED) is 0.904. The van der Waals surface area contributed by atoms with Crippen molar-refractivity contribution in [2.75, 3.05) is 0 Å². The molecule has 1 aliphatic rings. The SMILES string of the molecule is CCC(C)C1NC(=O)C(C(C)C)N(Cc2ccco2)C1=O. The van der Waals surface area contributed by atoms with Crippen LogP contribution in [0.4, 0.5) is 0 Å². The molecule has 0 bridgehead atoms. The molecule has 0 aliphatic carbocycles. The van der Waals surface area contributed by atoms with Crippen molar-refractivity contribution in [1.82, 2.24) is 10.2 Å². The molecule has 1 aliphatic heterocycles. The molecule has 1 N–H and O–H groups in total. The van der Waals surface area contributed by atoms with E-state index in [4.69, 9.17) is 4.42 Å². The maximum absolute atomic E-state index is 12.8. The van der Waals surface area contributed by atoms with Crippen LogP contribution in [0.5, 0.6) is 0 Å². The first-order valence-corrected chi connectivity index (χ1v) is 7.59. The van der Waals surface area contributed by atoms with Gasteiger partial charge in [0.15, 0.2) is 0 Å². The Morgan fingerprint density at radius 2 is 2.05 bits per heavy atom. The summed E-state index contributed by atoms with van der Waals surface area (Å²) in [4.78, 5) is 26.9.